The average Bonchev–Trinajstić information content (AvgIpc) is 3.22. The molecular formula is C26H33FN4O2. The summed E-state index contributed by atoms with van der Waals surface area (Å²) in [7, 11) is 0. The Hall–Kier alpha value is -2.54. The van der Waals surface area contributed by atoms with Crippen LogP contribution in [0.2, 0.25) is 0 Å². The summed E-state index contributed by atoms with van der Waals surface area (Å²) in [5, 5.41) is 0. The van der Waals surface area contributed by atoms with Crippen LogP contribution in [0.4, 0.5) is 10.3 Å². The van der Waals surface area contributed by atoms with E-state index in [1.807, 2.05) is 12.1 Å². The summed E-state index contributed by atoms with van der Waals surface area (Å²) in [6, 6.07) is 8.63. The van der Waals surface area contributed by atoms with Gasteiger partial charge >= 0.3 is 0 Å². The van der Waals surface area contributed by atoms with Crippen molar-refractivity contribution in [1.29, 1.82) is 0 Å². The highest BCUT2D eigenvalue weighted by Crippen LogP contribution is 2.44. The summed E-state index contributed by atoms with van der Waals surface area (Å²) >= 11 is 0. The molecule has 3 saturated heterocycles. The zero-order valence-electron chi connectivity index (χ0n) is 19.4. The van der Waals surface area contributed by atoms with Gasteiger partial charge in [-0.2, -0.15) is 0 Å². The minimum Gasteiger partial charge on any atom is -0.377 e. The number of anilines is 1. The topological polar surface area (TPSA) is 58.6 Å². The summed E-state index contributed by atoms with van der Waals surface area (Å²) in [5.41, 5.74) is 0.829. The van der Waals surface area contributed by atoms with Gasteiger partial charge in [0.05, 0.1) is 12.7 Å². The van der Waals surface area contributed by atoms with Crippen LogP contribution < -0.4 is 4.90 Å². The SMILES string of the molecule is CC1(C(=O)N2CCC3(CC2)COC(Cc2cccc(F)c2)C3)CCN(c2ncccn2)CC1. The Kier molecular flexibility index (Phi) is 6.08. The van der Waals surface area contributed by atoms with Crippen LogP contribution in [-0.4, -0.2) is 59.7 Å². The molecule has 6 nitrogen and oxygen atoms in total. The number of likely N-dealkylation sites (tertiary alicyclic amines) is 1. The van der Waals surface area contributed by atoms with Gasteiger partial charge in [-0.05, 0) is 67.7 Å². The smallest absolute Gasteiger partial charge is 0.228 e. The Morgan fingerprint density at radius 1 is 1.09 bits per heavy atom. The first-order valence-electron chi connectivity index (χ1n) is 12.1. The molecule has 0 radical (unpaired) electrons. The molecule has 2 aromatic rings. The number of carbonyl (C=O) groups excluding carboxylic acids is 1. The van der Waals surface area contributed by atoms with E-state index in [1.165, 1.54) is 6.07 Å². The maximum Gasteiger partial charge on any atom is 0.228 e. The van der Waals surface area contributed by atoms with Crippen LogP contribution in [0, 0.1) is 16.6 Å². The van der Waals surface area contributed by atoms with Crippen molar-refractivity contribution >= 4 is 11.9 Å². The Bertz CT molecular complexity index is 969. The summed E-state index contributed by atoms with van der Waals surface area (Å²) in [6.07, 6.45) is 9.03. The number of hydrogen-bond acceptors (Lipinski definition) is 5. The molecule has 4 heterocycles. The van der Waals surface area contributed by atoms with Crippen molar-refractivity contribution in [2.45, 2.75) is 51.6 Å². The molecule has 3 aliphatic rings. The van der Waals surface area contributed by atoms with Gasteiger partial charge < -0.3 is 14.5 Å². The molecule has 0 aliphatic carbocycles. The molecule has 5 rings (SSSR count). The predicted molar refractivity (Wildman–Crippen MR) is 124 cm³/mol. The monoisotopic (exact) mass is 452 g/mol. The Morgan fingerprint density at radius 2 is 1.82 bits per heavy atom. The zero-order valence-corrected chi connectivity index (χ0v) is 19.4. The number of carbonyl (C=O) groups is 1. The van der Waals surface area contributed by atoms with Crippen LogP contribution in [-0.2, 0) is 16.0 Å². The Morgan fingerprint density at radius 3 is 2.52 bits per heavy atom. The number of halogens is 1. The molecule has 33 heavy (non-hydrogen) atoms. The molecular weight excluding hydrogens is 419 g/mol. The lowest BCUT2D eigenvalue weighted by Crippen LogP contribution is -2.52. The minimum absolute atomic E-state index is 0.135. The molecule has 0 N–H and O–H groups in total. The first kappa shape index (κ1) is 22.3. The van der Waals surface area contributed by atoms with Crippen LogP contribution in [0.15, 0.2) is 42.7 Å². The minimum atomic E-state index is -0.318. The highest BCUT2D eigenvalue weighted by Gasteiger charge is 2.46. The molecule has 1 aromatic heterocycles. The lowest BCUT2D eigenvalue weighted by molar-refractivity contribution is -0.145. The summed E-state index contributed by atoms with van der Waals surface area (Å²) in [5.74, 6) is 0.852. The molecule has 176 valence electrons. The molecule has 1 unspecified atom stereocenters. The Balaban J connectivity index is 1.13. The van der Waals surface area contributed by atoms with Crippen molar-refractivity contribution in [1.82, 2.24) is 14.9 Å². The molecule has 0 bridgehead atoms. The summed E-state index contributed by atoms with van der Waals surface area (Å²) in [6.45, 7) is 6.08. The number of ether oxygens (including phenoxy) is 1. The first-order valence-corrected chi connectivity index (χ1v) is 12.1. The van der Waals surface area contributed by atoms with E-state index in [1.54, 1.807) is 24.5 Å². The third-order valence-corrected chi connectivity index (χ3v) is 7.97. The molecule has 7 heteroatoms. The van der Waals surface area contributed by atoms with Crippen molar-refractivity contribution in [3.63, 3.8) is 0 Å². The third kappa shape index (κ3) is 4.74. The second-order valence-electron chi connectivity index (χ2n) is 10.4. The van der Waals surface area contributed by atoms with Gasteiger partial charge in [-0.25, -0.2) is 14.4 Å². The van der Waals surface area contributed by atoms with Gasteiger partial charge in [0.15, 0.2) is 0 Å². The number of aromatic nitrogens is 2. The molecule has 1 spiro atoms. The van der Waals surface area contributed by atoms with Gasteiger partial charge in [0.2, 0.25) is 11.9 Å². The highest BCUT2D eigenvalue weighted by atomic mass is 19.1. The molecule has 0 saturated carbocycles. The number of amides is 1. The fourth-order valence-corrected chi connectivity index (χ4v) is 5.74. The van der Waals surface area contributed by atoms with Crippen molar-refractivity contribution in [2.75, 3.05) is 37.7 Å². The maximum absolute atomic E-state index is 13.5. The number of nitrogens with zero attached hydrogens (tertiary/aromatic N) is 4. The zero-order chi connectivity index (χ0) is 22.9. The number of hydrogen-bond donors (Lipinski definition) is 0. The first-order chi connectivity index (χ1) is 15.9. The lowest BCUT2D eigenvalue weighted by Gasteiger charge is -2.44. The average molecular weight is 453 g/mol. The van der Waals surface area contributed by atoms with Gasteiger partial charge in [-0.3, -0.25) is 4.79 Å². The number of rotatable bonds is 4. The fourth-order valence-electron chi connectivity index (χ4n) is 5.74. The van der Waals surface area contributed by atoms with Crippen LogP contribution in [0.3, 0.4) is 0 Å². The van der Waals surface area contributed by atoms with E-state index in [0.717, 1.165) is 82.8 Å². The van der Waals surface area contributed by atoms with Gasteiger partial charge in [0, 0.05) is 44.0 Å². The molecule has 1 aromatic carbocycles. The third-order valence-electron chi connectivity index (χ3n) is 7.97. The largest absolute Gasteiger partial charge is 0.377 e. The van der Waals surface area contributed by atoms with E-state index >= 15 is 0 Å². The molecule has 1 atom stereocenters. The fraction of sp³-hybridized carbons (Fsp3) is 0.577. The van der Waals surface area contributed by atoms with Crippen LogP contribution >= 0.6 is 0 Å². The van der Waals surface area contributed by atoms with E-state index in [0.29, 0.717) is 5.91 Å². The number of piperidine rings is 2. The second kappa shape index (κ2) is 9.01. The van der Waals surface area contributed by atoms with E-state index in [2.05, 4.69) is 26.7 Å². The van der Waals surface area contributed by atoms with E-state index in [-0.39, 0.29) is 22.8 Å². The predicted octanol–water partition coefficient (Wildman–Crippen LogP) is 3.86. The molecule has 3 fully saturated rings. The molecule has 3 aliphatic heterocycles. The van der Waals surface area contributed by atoms with E-state index < -0.39 is 0 Å². The van der Waals surface area contributed by atoms with Crippen molar-refractivity contribution in [2.24, 2.45) is 10.8 Å². The van der Waals surface area contributed by atoms with E-state index in [9.17, 15) is 9.18 Å². The van der Waals surface area contributed by atoms with E-state index in [4.69, 9.17) is 4.74 Å². The lowest BCUT2D eigenvalue weighted by atomic mass is 9.74. The summed E-state index contributed by atoms with van der Waals surface area (Å²) < 4.78 is 19.6. The van der Waals surface area contributed by atoms with Crippen molar-refractivity contribution in [3.8, 4) is 0 Å². The normalized spacial score (nSPS) is 24.2. The standard InChI is InChI=1S/C26H33FN4O2/c1-25(6-12-31(13-7-25)24-28-10-3-11-29-24)23(32)30-14-8-26(9-15-30)18-22(33-19-26)17-20-4-2-5-21(27)16-20/h2-5,10-11,16,22H,6-9,12-15,17-19H2,1H3. The van der Waals surface area contributed by atoms with Gasteiger partial charge in [-0.1, -0.05) is 19.1 Å². The Labute approximate surface area is 195 Å². The quantitative estimate of drug-likeness (QED) is 0.705. The van der Waals surface area contributed by atoms with Gasteiger partial charge in [0.25, 0.3) is 0 Å². The molecule has 1 amide bonds. The van der Waals surface area contributed by atoms with Crippen LogP contribution in [0.5, 0.6) is 0 Å². The van der Waals surface area contributed by atoms with Crippen LogP contribution in [0.25, 0.3) is 0 Å². The highest BCUT2D eigenvalue weighted by molar-refractivity contribution is 5.82. The second-order valence-corrected chi connectivity index (χ2v) is 10.4. The van der Waals surface area contributed by atoms with Gasteiger partial charge in [-0.15, -0.1) is 0 Å². The van der Waals surface area contributed by atoms with Crippen molar-refractivity contribution in [3.05, 3.63) is 54.1 Å². The van der Waals surface area contributed by atoms with Crippen molar-refractivity contribution < 1.29 is 13.9 Å². The van der Waals surface area contributed by atoms with Gasteiger partial charge in [0.1, 0.15) is 5.82 Å². The number of benzene rings is 1. The maximum atomic E-state index is 13.5. The van der Waals surface area contributed by atoms with Crippen LogP contribution in [0.1, 0.15) is 44.6 Å². The summed E-state index contributed by atoms with van der Waals surface area (Å²) in [4.78, 5) is 26.4.